The van der Waals surface area contributed by atoms with Crippen LogP contribution in [0, 0.1) is 5.92 Å². The molecule has 3 rings (SSSR count). The van der Waals surface area contributed by atoms with E-state index in [4.69, 9.17) is 11.5 Å². The van der Waals surface area contributed by atoms with Crippen molar-refractivity contribution in [2.45, 2.75) is 18.9 Å². The number of benzene rings is 1. The van der Waals surface area contributed by atoms with Crippen LogP contribution in [-0.2, 0) is 0 Å². The van der Waals surface area contributed by atoms with Crippen LogP contribution in [0.5, 0.6) is 0 Å². The minimum absolute atomic E-state index is 0.101. The molecule has 5 N–H and O–H groups in total. The average Bonchev–Trinajstić information content (AvgIpc) is 3.28. The summed E-state index contributed by atoms with van der Waals surface area (Å²) in [6.07, 6.45) is 2.38. The van der Waals surface area contributed by atoms with Crippen LogP contribution in [0.15, 0.2) is 30.3 Å². The summed E-state index contributed by atoms with van der Waals surface area (Å²) in [7, 11) is 0. The molecule has 2 aromatic rings. The van der Waals surface area contributed by atoms with Gasteiger partial charge in [0.15, 0.2) is 0 Å². The van der Waals surface area contributed by atoms with E-state index in [1.165, 1.54) is 12.8 Å². The average molecular weight is 270 g/mol. The number of carbonyl (C=O) groups is 1. The number of para-hydroxylation sites is 1. The Morgan fingerprint density at radius 3 is 2.85 bits per heavy atom. The molecule has 1 aromatic heterocycles. The molecule has 1 heterocycles. The third kappa shape index (κ3) is 2.58. The Hall–Kier alpha value is -2.14. The smallest absolute Gasteiger partial charge is 0.252 e. The van der Waals surface area contributed by atoms with E-state index in [0.717, 1.165) is 10.9 Å². The summed E-state index contributed by atoms with van der Waals surface area (Å²) in [6, 6.07) is 9.52. The van der Waals surface area contributed by atoms with Crippen molar-refractivity contribution in [1.29, 1.82) is 0 Å². The zero-order valence-electron chi connectivity index (χ0n) is 11.2. The van der Waals surface area contributed by atoms with Crippen molar-refractivity contribution in [1.82, 2.24) is 4.98 Å². The quantitative estimate of drug-likeness (QED) is 0.767. The molecule has 5 heteroatoms. The Labute approximate surface area is 117 Å². The van der Waals surface area contributed by atoms with Gasteiger partial charge in [-0.15, -0.1) is 0 Å². The van der Waals surface area contributed by atoms with Crippen molar-refractivity contribution in [2.24, 2.45) is 17.4 Å². The molecule has 0 aliphatic heterocycles. The fourth-order valence-electron chi connectivity index (χ4n) is 2.34. The molecule has 1 aliphatic carbocycles. The lowest BCUT2D eigenvalue weighted by atomic mass is 10.1. The van der Waals surface area contributed by atoms with Crippen LogP contribution in [0.3, 0.4) is 0 Å². The third-order valence-corrected chi connectivity index (χ3v) is 3.72. The van der Waals surface area contributed by atoms with E-state index < -0.39 is 5.91 Å². The van der Waals surface area contributed by atoms with Crippen LogP contribution in [0.4, 0.5) is 5.82 Å². The molecule has 1 atom stereocenters. The minimum Gasteiger partial charge on any atom is -0.368 e. The van der Waals surface area contributed by atoms with Gasteiger partial charge >= 0.3 is 0 Å². The first-order valence-corrected chi connectivity index (χ1v) is 6.84. The monoisotopic (exact) mass is 270 g/mol. The third-order valence-electron chi connectivity index (χ3n) is 3.72. The van der Waals surface area contributed by atoms with E-state index in [2.05, 4.69) is 10.3 Å². The van der Waals surface area contributed by atoms with Gasteiger partial charge in [-0.05, 0) is 30.9 Å². The van der Waals surface area contributed by atoms with E-state index in [9.17, 15) is 4.79 Å². The molecule has 1 aliphatic rings. The maximum Gasteiger partial charge on any atom is 0.252 e. The molecule has 1 aromatic carbocycles. The van der Waals surface area contributed by atoms with Crippen LogP contribution in [0.2, 0.25) is 0 Å². The highest BCUT2D eigenvalue weighted by Crippen LogP contribution is 2.31. The summed E-state index contributed by atoms with van der Waals surface area (Å²) >= 11 is 0. The van der Waals surface area contributed by atoms with Gasteiger partial charge in [-0.2, -0.15) is 0 Å². The Kier molecular flexibility index (Phi) is 3.28. The van der Waals surface area contributed by atoms with E-state index in [1.54, 1.807) is 6.07 Å². The number of anilines is 1. The molecule has 1 amide bonds. The van der Waals surface area contributed by atoms with Crippen molar-refractivity contribution in [2.75, 3.05) is 11.9 Å². The fraction of sp³-hybridized carbons (Fsp3) is 0.333. The number of nitrogens with zero attached hydrogens (tertiary/aromatic N) is 1. The zero-order valence-corrected chi connectivity index (χ0v) is 11.2. The second kappa shape index (κ2) is 5.09. The SMILES string of the molecule is NC(=O)c1cc2ccccc2nc1NCC(N)C1CC1. The maximum absolute atomic E-state index is 11.6. The Bertz CT molecular complexity index is 651. The number of primary amides is 1. The highest BCUT2D eigenvalue weighted by atomic mass is 16.1. The highest BCUT2D eigenvalue weighted by Gasteiger charge is 2.28. The van der Waals surface area contributed by atoms with Gasteiger partial charge in [0.05, 0.1) is 11.1 Å². The number of rotatable bonds is 5. The van der Waals surface area contributed by atoms with Gasteiger partial charge in [0.1, 0.15) is 5.82 Å². The normalized spacial score (nSPS) is 16.1. The Morgan fingerprint density at radius 1 is 1.40 bits per heavy atom. The largest absolute Gasteiger partial charge is 0.368 e. The summed E-state index contributed by atoms with van der Waals surface area (Å²) in [5.74, 6) is 0.637. The van der Waals surface area contributed by atoms with Gasteiger partial charge in [-0.3, -0.25) is 4.79 Å². The molecule has 1 unspecified atom stereocenters. The molecule has 0 radical (unpaired) electrons. The van der Waals surface area contributed by atoms with E-state index in [-0.39, 0.29) is 6.04 Å². The van der Waals surface area contributed by atoms with Crippen LogP contribution in [-0.4, -0.2) is 23.5 Å². The Morgan fingerprint density at radius 2 is 2.15 bits per heavy atom. The fourth-order valence-corrected chi connectivity index (χ4v) is 2.34. The van der Waals surface area contributed by atoms with Crippen LogP contribution < -0.4 is 16.8 Å². The first kappa shape index (κ1) is 12.9. The summed E-state index contributed by atoms with van der Waals surface area (Å²) in [4.78, 5) is 16.0. The zero-order chi connectivity index (χ0) is 14.1. The molecule has 0 spiro atoms. The topological polar surface area (TPSA) is 94.0 Å². The van der Waals surface area contributed by atoms with Gasteiger partial charge in [0, 0.05) is 18.0 Å². The predicted octanol–water partition coefficient (Wildman–Crippen LogP) is 1.48. The second-order valence-corrected chi connectivity index (χ2v) is 5.32. The standard InChI is InChI=1S/C15H18N4O/c16-12(9-5-6-9)8-18-15-11(14(17)20)7-10-3-1-2-4-13(10)19-15/h1-4,7,9,12H,5-6,8,16H2,(H2,17,20)(H,18,19). The van der Waals surface area contributed by atoms with Crippen molar-refractivity contribution in [3.63, 3.8) is 0 Å². The lowest BCUT2D eigenvalue weighted by Crippen LogP contribution is -2.32. The molecule has 0 bridgehead atoms. The molecular weight excluding hydrogens is 252 g/mol. The predicted molar refractivity (Wildman–Crippen MR) is 79.5 cm³/mol. The van der Waals surface area contributed by atoms with Crippen LogP contribution >= 0.6 is 0 Å². The van der Waals surface area contributed by atoms with Crippen molar-refractivity contribution >= 4 is 22.6 Å². The molecule has 104 valence electrons. The van der Waals surface area contributed by atoms with Crippen LogP contribution in [0.25, 0.3) is 10.9 Å². The number of hydrogen-bond donors (Lipinski definition) is 3. The molecule has 5 nitrogen and oxygen atoms in total. The van der Waals surface area contributed by atoms with Gasteiger partial charge in [-0.1, -0.05) is 18.2 Å². The van der Waals surface area contributed by atoms with Gasteiger partial charge in [0.25, 0.3) is 5.91 Å². The van der Waals surface area contributed by atoms with Crippen molar-refractivity contribution < 1.29 is 4.79 Å². The number of carbonyl (C=O) groups excluding carboxylic acids is 1. The van der Waals surface area contributed by atoms with Crippen molar-refractivity contribution in [3.05, 3.63) is 35.9 Å². The number of hydrogen-bond acceptors (Lipinski definition) is 4. The van der Waals surface area contributed by atoms with Gasteiger partial charge in [0.2, 0.25) is 0 Å². The number of fused-ring (bicyclic) bond motifs is 1. The number of aromatic nitrogens is 1. The van der Waals surface area contributed by atoms with E-state index in [1.807, 2.05) is 24.3 Å². The minimum atomic E-state index is -0.481. The number of nitrogens with two attached hydrogens (primary N) is 2. The number of amides is 1. The molecule has 20 heavy (non-hydrogen) atoms. The Balaban J connectivity index is 1.90. The van der Waals surface area contributed by atoms with E-state index in [0.29, 0.717) is 23.8 Å². The van der Waals surface area contributed by atoms with Crippen molar-refractivity contribution in [3.8, 4) is 0 Å². The van der Waals surface area contributed by atoms with Gasteiger partial charge < -0.3 is 16.8 Å². The summed E-state index contributed by atoms with van der Waals surface area (Å²) in [6.45, 7) is 0.607. The molecule has 0 saturated heterocycles. The van der Waals surface area contributed by atoms with Crippen LogP contribution in [0.1, 0.15) is 23.2 Å². The lowest BCUT2D eigenvalue weighted by molar-refractivity contribution is 0.100. The van der Waals surface area contributed by atoms with Gasteiger partial charge in [-0.25, -0.2) is 4.98 Å². The summed E-state index contributed by atoms with van der Waals surface area (Å²) < 4.78 is 0. The first-order chi connectivity index (χ1) is 9.65. The maximum atomic E-state index is 11.6. The summed E-state index contributed by atoms with van der Waals surface area (Å²) in [5.41, 5.74) is 12.7. The first-order valence-electron chi connectivity index (χ1n) is 6.84. The molecule has 1 saturated carbocycles. The summed E-state index contributed by atoms with van der Waals surface area (Å²) in [5, 5.41) is 4.07. The lowest BCUT2D eigenvalue weighted by Gasteiger charge is -2.14. The second-order valence-electron chi connectivity index (χ2n) is 5.32. The number of nitrogens with one attached hydrogen (secondary N) is 1. The molecular formula is C15H18N4O. The highest BCUT2D eigenvalue weighted by molar-refractivity contribution is 6.01. The number of pyridine rings is 1. The molecule has 1 fully saturated rings. The van der Waals surface area contributed by atoms with E-state index >= 15 is 0 Å².